The van der Waals surface area contributed by atoms with Crippen molar-refractivity contribution in [1.29, 1.82) is 5.26 Å². The molecular formula is C18H14ClN3O5. The molecule has 2 N–H and O–H groups in total. The average molecular weight is 388 g/mol. The number of nitrogens with zero attached hydrogens (tertiary/aromatic N) is 2. The predicted molar refractivity (Wildman–Crippen MR) is 98.2 cm³/mol. The molecule has 0 saturated heterocycles. The second-order valence-electron chi connectivity index (χ2n) is 5.28. The summed E-state index contributed by atoms with van der Waals surface area (Å²) in [5, 5.41) is 19.9. The third kappa shape index (κ3) is 4.96. The van der Waals surface area contributed by atoms with Gasteiger partial charge in [-0.15, -0.1) is 0 Å². The lowest BCUT2D eigenvalue weighted by Crippen LogP contribution is -2.12. The Morgan fingerprint density at radius 3 is 2.74 bits per heavy atom. The largest absolute Gasteiger partial charge is 0.493 e. The van der Waals surface area contributed by atoms with Gasteiger partial charge < -0.3 is 15.2 Å². The van der Waals surface area contributed by atoms with Crippen molar-refractivity contribution < 1.29 is 19.2 Å². The van der Waals surface area contributed by atoms with Crippen LogP contribution in [0, 0.1) is 21.4 Å². The van der Waals surface area contributed by atoms with Crippen LogP contribution >= 0.6 is 11.6 Å². The van der Waals surface area contributed by atoms with E-state index in [1.807, 2.05) is 0 Å². The first-order valence-electron chi connectivity index (χ1n) is 7.51. The van der Waals surface area contributed by atoms with Gasteiger partial charge in [-0.25, -0.2) is 0 Å². The maximum Gasteiger partial charge on any atom is 0.269 e. The molecule has 2 rings (SSSR count). The number of non-ortho nitro benzene ring substituents is 1. The Balaban J connectivity index is 2.30. The first-order valence-corrected chi connectivity index (χ1v) is 7.88. The maximum absolute atomic E-state index is 11.2. The number of nitrogens with two attached hydrogens (primary N) is 1. The van der Waals surface area contributed by atoms with Crippen molar-refractivity contribution >= 4 is 29.3 Å². The predicted octanol–water partition coefficient (Wildman–Crippen LogP) is 3.23. The van der Waals surface area contributed by atoms with Crippen LogP contribution in [0.3, 0.4) is 0 Å². The van der Waals surface area contributed by atoms with Gasteiger partial charge in [0, 0.05) is 12.1 Å². The molecule has 0 radical (unpaired) electrons. The molecule has 0 spiro atoms. The molecule has 2 aromatic carbocycles. The fourth-order valence-corrected chi connectivity index (χ4v) is 2.48. The lowest BCUT2D eigenvalue weighted by atomic mass is 10.1. The van der Waals surface area contributed by atoms with Crippen molar-refractivity contribution in [3.8, 4) is 17.6 Å². The molecule has 0 aliphatic carbocycles. The van der Waals surface area contributed by atoms with Crippen LogP contribution in [0.2, 0.25) is 5.02 Å². The summed E-state index contributed by atoms with van der Waals surface area (Å²) in [6.45, 7) is 0.0255. The number of carbonyl (C=O) groups is 1. The summed E-state index contributed by atoms with van der Waals surface area (Å²) in [5.41, 5.74) is 5.83. The van der Waals surface area contributed by atoms with Crippen LogP contribution in [0.1, 0.15) is 11.1 Å². The summed E-state index contributed by atoms with van der Waals surface area (Å²) in [6, 6.07) is 10.7. The summed E-state index contributed by atoms with van der Waals surface area (Å²) < 4.78 is 10.9. The standard InChI is InChI=1S/C18H14ClN3O5/c1-26-16-8-12(5-13(9-20)18(21)23)7-15(19)17(16)27-10-11-3-2-4-14(6-11)22(24)25/h2-8H,10H2,1H3,(H2,21,23)/b13-5+. The number of nitriles is 1. The normalized spacial score (nSPS) is 10.8. The molecule has 9 heteroatoms. The van der Waals surface area contributed by atoms with Crippen LogP contribution in [0.5, 0.6) is 11.5 Å². The van der Waals surface area contributed by atoms with Crippen molar-refractivity contribution in [1.82, 2.24) is 0 Å². The highest BCUT2D eigenvalue weighted by molar-refractivity contribution is 6.32. The second kappa shape index (κ2) is 8.69. The Morgan fingerprint density at radius 2 is 2.15 bits per heavy atom. The van der Waals surface area contributed by atoms with Crippen LogP contribution < -0.4 is 15.2 Å². The highest BCUT2D eigenvalue weighted by atomic mass is 35.5. The minimum absolute atomic E-state index is 0.0255. The quantitative estimate of drug-likeness (QED) is 0.336. The number of hydrogen-bond donors (Lipinski definition) is 1. The second-order valence-corrected chi connectivity index (χ2v) is 5.69. The Kier molecular flexibility index (Phi) is 6.36. The van der Waals surface area contributed by atoms with Crippen LogP contribution in [0.25, 0.3) is 6.08 Å². The summed E-state index contributed by atoms with van der Waals surface area (Å²) in [6.07, 6.45) is 1.28. The number of benzene rings is 2. The number of hydrogen-bond acceptors (Lipinski definition) is 6. The number of primary amides is 1. The van der Waals surface area contributed by atoms with Gasteiger partial charge in [0.2, 0.25) is 0 Å². The molecule has 0 saturated carbocycles. The zero-order valence-electron chi connectivity index (χ0n) is 14.1. The highest BCUT2D eigenvalue weighted by Crippen LogP contribution is 2.37. The molecule has 0 unspecified atom stereocenters. The van der Waals surface area contributed by atoms with Crippen LogP contribution in [0.15, 0.2) is 42.0 Å². The molecule has 138 valence electrons. The van der Waals surface area contributed by atoms with Gasteiger partial charge in [-0.2, -0.15) is 5.26 Å². The average Bonchev–Trinajstić information content (AvgIpc) is 2.64. The van der Waals surface area contributed by atoms with Gasteiger partial charge in [-0.3, -0.25) is 14.9 Å². The number of ether oxygens (including phenoxy) is 2. The monoisotopic (exact) mass is 387 g/mol. The molecule has 8 nitrogen and oxygen atoms in total. The lowest BCUT2D eigenvalue weighted by Gasteiger charge is -2.13. The van der Waals surface area contributed by atoms with Gasteiger partial charge in [0.25, 0.3) is 11.6 Å². The molecule has 0 aliphatic rings. The number of halogens is 1. The number of amides is 1. The SMILES string of the molecule is COc1cc(/C=C(\C#N)C(N)=O)cc(Cl)c1OCc1cccc([N+](=O)[O-])c1. The van der Waals surface area contributed by atoms with Crippen molar-refractivity contribution in [3.63, 3.8) is 0 Å². The Labute approximate surface area is 159 Å². The number of carbonyl (C=O) groups excluding carboxylic acids is 1. The molecule has 0 aliphatic heterocycles. The first-order chi connectivity index (χ1) is 12.8. The van der Waals surface area contributed by atoms with E-state index in [1.54, 1.807) is 18.2 Å². The van der Waals surface area contributed by atoms with Gasteiger partial charge in [0.15, 0.2) is 11.5 Å². The number of nitro groups is 1. The third-order valence-corrected chi connectivity index (χ3v) is 3.73. The highest BCUT2D eigenvalue weighted by Gasteiger charge is 2.14. The molecule has 1 amide bonds. The minimum atomic E-state index is -0.862. The van der Waals surface area contributed by atoms with Gasteiger partial charge in [0.05, 0.1) is 17.1 Å². The zero-order valence-corrected chi connectivity index (χ0v) is 14.9. The third-order valence-electron chi connectivity index (χ3n) is 3.45. The number of nitro benzene ring substituents is 1. The molecule has 0 fully saturated rings. The number of rotatable bonds is 7. The first kappa shape index (κ1) is 19.8. The van der Waals surface area contributed by atoms with Crippen molar-refractivity contribution in [2.24, 2.45) is 5.73 Å². The van der Waals surface area contributed by atoms with E-state index in [4.69, 9.17) is 32.1 Å². The zero-order chi connectivity index (χ0) is 20.0. The van der Waals surface area contributed by atoms with Crippen molar-refractivity contribution in [2.45, 2.75) is 6.61 Å². The molecule has 0 atom stereocenters. The fraction of sp³-hybridized carbons (Fsp3) is 0.111. The molecular weight excluding hydrogens is 374 g/mol. The van der Waals surface area contributed by atoms with E-state index >= 15 is 0 Å². The Bertz CT molecular complexity index is 966. The van der Waals surface area contributed by atoms with E-state index in [1.165, 1.54) is 37.5 Å². The van der Waals surface area contributed by atoms with Crippen LogP contribution in [-0.4, -0.2) is 17.9 Å². The summed E-state index contributed by atoms with van der Waals surface area (Å²) in [4.78, 5) is 21.5. The summed E-state index contributed by atoms with van der Waals surface area (Å²) in [7, 11) is 1.40. The Hall–Kier alpha value is -3.57. The molecule has 0 aromatic heterocycles. The smallest absolute Gasteiger partial charge is 0.269 e. The lowest BCUT2D eigenvalue weighted by molar-refractivity contribution is -0.384. The molecule has 27 heavy (non-hydrogen) atoms. The number of methoxy groups -OCH3 is 1. The van der Waals surface area contributed by atoms with Crippen molar-refractivity contribution in [2.75, 3.05) is 7.11 Å². The topological polar surface area (TPSA) is 128 Å². The van der Waals surface area contributed by atoms with Gasteiger partial charge in [-0.1, -0.05) is 23.7 Å². The maximum atomic E-state index is 11.2. The van der Waals surface area contributed by atoms with Crippen LogP contribution in [-0.2, 0) is 11.4 Å². The van der Waals surface area contributed by atoms with Gasteiger partial charge >= 0.3 is 0 Å². The Morgan fingerprint density at radius 1 is 1.41 bits per heavy atom. The molecule has 0 bridgehead atoms. The van der Waals surface area contributed by atoms with E-state index in [0.29, 0.717) is 11.1 Å². The minimum Gasteiger partial charge on any atom is -0.493 e. The van der Waals surface area contributed by atoms with E-state index < -0.39 is 10.8 Å². The van der Waals surface area contributed by atoms with E-state index in [9.17, 15) is 14.9 Å². The summed E-state index contributed by atoms with van der Waals surface area (Å²) in [5.74, 6) is -0.375. The summed E-state index contributed by atoms with van der Waals surface area (Å²) >= 11 is 6.23. The van der Waals surface area contributed by atoms with Gasteiger partial charge in [-0.05, 0) is 29.3 Å². The van der Waals surface area contributed by atoms with E-state index in [-0.39, 0.29) is 34.4 Å². The van der Waals surface area contributed by atoms with E-state index in [2.05, 4.69) is 0 Å². The van der Waals surface area contributed by atoms with Crippen LogP contribution in [0.4, 0.5) is 5.69 Å². The van der Waals surface area contributed by atoms with E-state index in [0.717, 1.165) is 0 Å². The van der Waals surface area contributed by atoms with Crippen molar-refractivity contribution in [3.05, 3.63) is 68.2 Å². The van der Waals surface area contributed by atoms with Gasteiger partial charge in [0.1, 0.15) is 18.2 Å². The molecule has 0 heterocycles. The molecule has 2 aromatic rings. The fourth-order valence-electron chi connectivity index (χ4n) is 2.20.